The van der Waals surface area contributed by atoms with Crippen molar-refractivity contribution < 1.29 is 9.18 Å². The summed E-state index contributed by atoms with van der Waals surface area (Å²) >= 11 is 9.26. The average Bonchev–Trinajstić information content (AvgIpc) is 2.58. The standard InChI is InChI=1S/C19H19BrClFN2O/c20-15-5-1-3-13(9-15)11-24-8-2-4-14(12-24)19(25)23-16-6-7-18(22)17(21)10-16/h1,3,5-7,9-10,14H,2,4,8,11-12H2,(H,23,25). The van der Waals surface area contributed by atoms with Gasteiger partial charge in [0.05, 0.1) is 10.9 Å². The monoisotopic (exact) mass is 424 g/mol. The molecule has 0 aliphatic carbocycles. The van der Waals surface area contributed by atoms with Crippen LogP contribution >= 0.6 is 27.5 Å². The van der Waals surface area contributed by atoms with E-state index in [1.54, 1.807) is 0 Å². The molecule has 1 saturated heterocycles. The Labute approximate surface area is 160 Å². The van der Waals surface area contributed by atoms with Crippen molar-refractivity contribution in [3.63, 3.8) is 0 Å². The van der Waals surface area contributed by atoms with Crippen molar-refractivity contribution in [3.8, 4) is 0 Å². The van der Waals surface area contributed by atoms with Crippen LogP contribution in [-0.2, 0) is 11.3 Å². The fourth-order valence-electron chi connectivity index (χ4n) is 3.12. The second-order valence-electron chi connectivity index (χ2n) is 6.32. The van der Waals surface area contributed by atoms with Crippen molar-refractivity contribution in [1.82, 2.24) is 4.90 Å². The molecule has 1 fully saturated rings. The van der Waals surface area contributed by atoms with Gasteiger partial charge in [0.25, 0.3) is 0 Å². The Kier molecular flexibility index (Phi) is 6.10. The van der Waals surface area contributed by atoms with Gasteiger partial charge in [0.2, 0.25) is 5.91 Å². The summed E-state index contributed by atoms with van der Waals surface area (Å²) in [5, 5.41) is 2.86. The fraction of sp³-hybridized carbons (Fsp3) is 0.316. The summed E-state index contributed by atoms with van der Waals surface area (Å²) in [4.78, 5) is 14.8. The maximum absolute atomic E-state index is 13.2. The van der Waals surface area contributed by atoms with Crippen molar-refractivity contribution >= 4 is 39.1 Å². The van der Waals surface area contributed by atoms with E-state index in [0.717, 1.165) is 30.4 Å². The molecular weight excluding hydrogens is 407 g/mol. The number of nitrogens with zero attached hydrogens (tertiary/aromatic N) is 1. The van der Waals surface area contributed by atoms with Gasteiger partial charge >= 0.3 is 0 Å². The normalized spacial score (nSPS) is 18.1. The predicted molar refractivity (Wildman–Crippen MR) is 102 cm³/mol. The zero-order valence-corrected chi connectivity index (χ0v) is 16.0. The number of anilines is 1. The highest BCUT2D eigenvalue weighted by Crippen LogP contribution is 2.23. The van der Waals surface area contributed by atoms with Crippen LogP contribution in [0.4, 0.5) is 10.1 Å². The van der Waals surface area contributed by atoms with Crippen molar-refractivity contribution in [3.05, 3.63) is 63.3 Å². The second-order valence-corrected chi connectivity index (χ2v) is 7.65. The van der Waals surface area contributed by atoms with E-state index in [4.69, 9.17) is 11.6 Å². The third kappa shape index (κ3) is 5.03. The first-order chi connectivity index (χ1) is 12.0. The summed E-state index contributed by atoms with van der Waals surface area (Å²) in [6.45, 7) is 2.53. The first kappa shape index (κ1) is 18.4. The molecule has 3 rings (SSSR count). The van der Waals surface area contributed by atoms with Crippen molar-refractivity contribution in [2.24, 2.45) is 5.92 Å². The molecule has 0 spiro atoms. The van der Waals surface area contributed by atoms with Gasteiger partial charge in [0.15, 0.2) is 0 Å². The molecule has 3 nitrogen and oxygen atoms in total. The highest BCUT2D eigenvalue weighted by atomic mass is 79.9. The van der Waals surface area contributed by atoms with Gasteiger partial charge < -0.3 is 5.32 Å². The predicted octanol–water partition coefficient (Wildman–Crippen LogP) is 5.09. The van der Waals surface area contributed by atoms with Gasteiger partial charge in [-0.1, -0.05) is 39.7 Å². The van der Waals surface area contributed by atoms with Crippen LogP contribution in [0.3, 0.4) is 0 Å². The summed E-state index contributed by atoms with van der Waals surface area (Å²) in [5.74, 6) is -0.608. The average molecular weight is 426 g/mol. The van der Waals surface area contributed by atoms with Crippen LogP contribution in [0.2, 0.25) is 5.02 Å². The number of amides is 1. The van der Waals surface area contributed by atoms with Gasteiger partial charge in [0, 0.05) is 23.2 Å². The molecule has 132 valence electrons. The summed E-state index contributed by atoms with van der Waals surface area (Å²) < 4.78 is 14.3. The van der Waals surface area contributed by atoms with Crippen molar-refractivity contribution in [2.75, 3.05) is 18.4 Å². The molecule has 2 aromatic rings. The lowest BCUT2D eigenvalue weighted by atomic mass is 9.96. The fourth-order valence-corrected chi connectivity index (χ4v) is 3.75. The molecule has 0 radical (unpaired) electrons. The highest BCUT2D eigenvalue weighted by molar-refractivity contribution is 9.10. The zero-order chi connectivity index (χ0) is 17.8. The summed E-state index contributed by atoms with van der Waals surface area (Å²) in [7, 11) is 0. The summed E-state index contributed by atoms with van der Waals surface area (Å²) in [6.07, 6.45) is 1.84. The molecule has 1 amide bonds. The number of piperidine rings is 1. The van der Waals surface area contributed by atoms with E-state index >= 15 is 0 Å². The molecule has 2 aromatic carbocycles. The van der Waals surface area contributed by atoms with Crippen LogP contribution in [0.15, 0.2) is 46.9 Å². The Balaban J connectivity index is 1.60. The Morgan fingerprint density at radius 2 is 2.16 bits per heavy atom. The number of rotatable bonds is 4. The third-order valence-corrected chi connectivity index (χ3v) is 5.14. The number of carbonyl (C=O) groups excluding carboxylic acids is 1. The zero-order valence-electron chi connectivity index (χ0n) is 13.6. The first-order valence-electron chi connectivity index (χ1n) is 8.24. The SMILES string of the molecule is O=C(Nc1ccc(F)c(Cl)c1)C1CCCN(Cc2cccc(Br)c2)C1. The quantitative estimate of drug-likeness (QED) is 0.740. The number of hydrogen-bond acceptors (Lipinski definition) is 2. The molecule has 1 heterocycles. The summed E-state index contributed by atoms with van der Waals surface area (Å²) in [6, 6.07) is 12.4. The molecular formula is C19H19BrClFN2O. The smallest absolute Gasteiger partial charge is 0.228 e. The number of nitrogens with one attached hydrogen (secondary N) is 1. The van der Waals surface area contributed by atoms with Crippen LogP contribution in [0, 0.1) is 11.7 Å². The number of benzene rings is 2. The first-order valence-corrected chi connectivity index (χ1v) is 9.41. The van der Waals surface area contributed by atoms with Crippen LogP contribution in [0.25, 0.3) is 0 Å². The minimum atomic E-state index is -0.488. The second kappa shape index (κ2) is 8.30. The van der Waals surface area contributed by atoms with Gasteiger partial charge in [-0.25, -0.2) is 4.39 Å². The molecule has 1 N–H and O–H groups in total. The Morgan fingerprint density at radius 1 is 1.32 bits per heavy atom. The third-order valence-electron chi connectivity index (χ3n) is 4.36. The molecule has 1 unspecified atom stereocenters. The topological polar surface area (TPSA) is 32.3 Å². The highest BCUT2D eigenvalue weighted by Gasteiger charge is 2.26. The maximum Gasteiger partial charge on any atom is 0.228 e. The van der Waals surface area contributed by atoms with Crippen LogP contribution in [-0.4, -0.2) is 23.9 Å². The number of carbonyl (C=O) groups is 1. The van der Waals surface area contributed by atoms with Gasteiger partial charge in [-0.15, -0.1) is 0 Å². The maximum atomic E-state index is 13.2. The molecule has 0 bridgehead atoms. The van der Waals surface area contributed by atoms with E-state index in [1.165, 1.54) is 23.8 Å². The van der Waals surface area contributed by atoms with E-state index in [0.29, 0.717) is 12.2 Å². The lowest BCUT2D eigenvalue weighted by Crippen LogP contribution is -2.40. The van der Waals surface area contributed by atoms with Gasteiger partial charge in [-0.05, 0) is 55.3 Å². The molecule has 25 heavy (non-hydrogen) atoms. The molecule has 1 aliphatic rings. The van der Waals surface area contributed by atoms with E-state index in [2.05, 4.69) is 38.3 Å². The van der Waals surface area contributed by atoms with Crippen LogP contribution in [0.5, 0.6) is 0 Å². The van der Waals surface area contributed by atoms with Gasteiger partial charge in [0.1, 0.15) is 5.82 Å². The minimum Gasteiger partial charge on any atom is -0.326 e. The van der Waals surface area contributed by atoms with Gasteiger partial charge in [-0.2, -0.15) is 0 Å². The molecule has 1 atom stereocenters. The van der Waals surface area contributed by atoms with Crippen molar-refractivity contribution in [2.45, 2.75) is 19.4 Å². The lowest BCUT2D eigenvalue weighted by Gasteiger charge is -2.32. The van der Waals surface area contributed by atoms with E-state index in [-0.39, 0.29) is 16.8 Å². The van der Waals surface area contributed by atoms with Crippen LogP contribution < -0.4 is 5.32 Å². The molecule has 0 saturated carbocycles. The molecule has 0 aromatic heterocycles. The Morgan fingerprint density at radius 3 is 2.92 bits per heavy atom. The number of halogens is 3. The largest absolute Gasteiger partial charge is 0.326 e. The molecule has 6 heteroatoms. The van der Waals surface area contributed by atoms with Crippen molar-refractivity contribution in [1.29, 1.82) is 0 Å². The number of likely N-dealkylation sites (tertiary alicyclic amines) is 1. The molecule has 1 aliphatic heterocycles. The van der Waals surface area contributed by atoms with Gasteiger partial charge in [-0.3, -0.25) is 9.69 Å². The van der Waals surface area contributed by atoms with Crippen LogP contribution in [0.1, 0.15) is 18.4 Å². The number of hydrogen-bond donors (Lipinski definition) is 1. The van der Waals surface area contributed by atoms with E-state index in [9.17, 15) is 9.18 Å². The Bertz CT molecular complexity index is 771. The van der Waals surface area contributed by atoms with E-state index < -0.39 is 5.82 Å². The Hall–Kier alpha value is -1.43. The summed E-state index contributed by atoms with van der Waals surface area (Å²) in [5.41, 5.74) is 1.75. The lowest BCUT2D eigenvalue weighted by molar-refractivity contribution is -0.121. The minimum absolute atomic E-state index is 0.0118. The van der Waals surface area contributed by atoms with E-state index in [1.807, 2.05) is 12.1 Å².